The van der Waals surface area contributed by atoms with Crippen molar-refractivity contribution in [2.75, 3.05) is 13.2 Å². The van der Waals surface area contributed by atoms with Gasteiger partial charge < -0.3 is 4.74 Å². The topological polar surface area (TPSA) is 9.23 Å². The first-order valence-electron chi connectivity index (χ1n) is 10.7. The summed E-state index contributed by atoms with van der Waals surface area (Å²) in [5, 5.41) is 0. The summed E-state index contributed by atoms with van der Waals surface area (Å²) in [6, 6.07) is 0. The summed E-state index contributed by atoms with van der Waals surface area (Å²) >= 11 is 0. The van der Waals surface area contributed by atoms with Gasteiger partial charge in [-0.1, -0.05) is 89.9 Å². The van der Waals surface area contributed by atoms with E-state index in [1.807, 2.05) is 6.92 Å². The molecular weight excluding hydrogens is 325 g/mol. The largest absolute Gasteiger partial charge is 0.389 e. The minimum Gasteiger partial charge on any atom is -0.382 e. The first-order chi connectivity index (χ1) is 12.1. The van der Waals surface area contributed by atoms with Crippen LogP contribution in [0.1, 0.15) is 116 Å². The Hall–Kier alpha value is -0.250. The van der Waals surface area contributed by atoms with Crippen LogP contribution in [0.3, 0.4) is 0 Å². The highest BCUT2D eigenvalue weighted by Crippen LogP contribution is 2.23. The van der Waals surface area contributed by atoms with E-state index in [2.05, 4.69) is 0 Å². The smallest absolute Gasteiger partial charge is 0.382 e. The normalized spacial score (nSPS) is 12.0. The molecule has 0 aromatic carbocycles. The van der Waals surface area contributed by atoms with Gasteiger partial charge in [0.2, 0.25) is 0 Å². The third-order valence-electron chi connectivity index (χ3n) is 4.70. The molecule has 0 unspecified atom stereocenters. The molecule has 0 saturated carbocycles. The lowest BCUT2D eigenvalue weighted by atomic mass is 10.0. The molecule has 1 nitrogen and oxygen atoms in total. The molecule has 0 bridgehead atoms. The van der Waals surface area contributed by atoms with Gasteiger partial charge >= 0.3 is 6.18 Å². The van der Waals surface area contributed by atoms with Crippen molar-refractivity contribution in [2.24, 2.45) is 0 Å². The summed E-state index contributed by atoms with van der Waals surface area (Å²) < 4.78 is 41.2. The predicted molar refractivity (Wildman–Crippen MR) is 101 cm³/mol. The van der Waals surface area contributed by atoms with E-state index >= 15 is 0 Å². The summed E-state index contributed by atoms with van der Waals surface area (Å²) in [5.74, 6) is 0. The van der Waals surface area contributed by atoms with E-state index in [4.69, 9.17) is 4.74 Å². The Bertz CT molecular complexity index is 254. The zero-order valence-corrected chi connectivity index (χ0v) is 16.5. The van der Waals surface area contributed by atoms with Gasteiger partial charge in [-0.15, -0.1) is 0 Å². The second-order valence-corrected chi connectivity index (χ2v) is 7.22. The van der Waals surface area contributed by atoms with Crippen LogP contribution in [0, 0.1) is 0 Å². The van der Waals surface area contributed by atoms with Crippen LogP contribution in [0.15, 0.2) is 0 Å². The number of rotatable bonds is 19. The van der Waals surface area contributed by atoms with E-state index in [0.29, 0.717) is 6.42 Å². The highest BCUT2D eigenvalue weighted by atomic mass is 19.4. The molecule has 0 spiro atoms. The van der Waals surface area contributed by atoms with Gasteiger partial charge in [0.25, 0.3) is 0 Å². The van der Waals surface area contributed by atoms with Gasteiger partial charge in [-0.3, -0.25) is 0 Å². The van der Waals surface area contributed by atoms with E-state index in [1.165, 1.54) is 77.0 Å². The standard InChI is InChI=1S/C21H41F3O/c1-2-25-20-18-16-14-12-10-8-6-4-3-5-7-9-11-13-15-17-19-21(22,23)24/h2-20H2,1H3. The lowest BCUT2D eigenvalue weighted by Gasteiger charge is -2.06. The maximum absolute atomic E-state index is 12.0. The number of ether oxygens (including phenoxy) is 1. The lowest BCUT2D eigenvalue weighted by molar-refractivity contribution is -0.135. The minimum atomic E-state index is -3.97. The molecule has 0 radical (unpaired) electrons. The average molecular weight is 367 g/mol. The van der Waals surface area contributed by atoms with Crippen LogP contribution in [0.2, 0.25) is 0 Å². The average Bonchev–Trinajstić information content (AvgIpc) is 2.56. The fourth-order valence-electron chi connectivity index (χ4n) is 3.15. The quantitative estimate of drug-likeness (QED) is 0.209. The fourth-order valence-corrected chi connectivity index (χ4v) is 3.15. The molecule has 0 aromatic rings. The summed E-state index contributed by atoms with van der Waals surface area (Å²) in [4.78, 5) is 0. The van der Waals surface area contributed by atoms with Crippen LogP contribution in [-0.2, 0) is 4.74 Å². The highest BCUT2D eigenvalue weighted by molar-refractivity contribution is 4.53. The SMILES string of the molecule is CCOCCCCCCCCCCCCCCCCCCC(F)(F)F. The lowest BCUT2D eigenvalue weighted by Crippen LogP contribution is -2.06. The Morgan fingerprint density at radius 3 is 1.16 bits per heavy atom. The third kappa shape index (κ3) is 23.8. The molecule has 25 heavy (non-hydrogen) atoms. The summed E-state index contributed by atoms with van der Waals surface area (Å²) in [5.41, 5.74) is 0. The first kappa shape index (κ1) is 24.8. The van der Waals surface area contributed by atoms with Crippen LogP contribution in [0.25, 0.3) is 0 Å². The maximum Gasteiger partial charge on any atom is 0.389 e. The number of hydrogen-bond donors (Lipinski definition) is 0. The summed E-state index contributed by atoms with van der Waals surface area (Å²) in [6.45, 7) is 3.80. The van der Waals surface area contributed by atoms with E-state index in [1.54, 1.807) is 0 Å². The first-order valence-corrected chi connectivity index (χ1v) is 10.7. The Kier molecular flexibility index (Phi) is 18.4. The van der Waals surface area contributed by atoms with Crippen LogP contribution < -0.4 is 0 Å². The molecule has 0 saturated heterocycles. The van der Waals surface area contributed by atoms with E-state index in [0.717, 1.165) is 32.5 Å². The summed E-state index contributed by atoms with van der Waals surface area (Å²) in [7, 11) is 0. The van der Waals surface area contributed by atoms with E-state index < -0.39 is 12.6 Å². The van der Waals surface area contributed by atoms with Crippen LogP contribution in [-0.4, -0.2) is 19.4 Å². The van der Waals surface area contributed by atoms with Crippen molar-refractivity contribution in [3.63, 3.8) is 0 Å². The minimum absolute atomic E-state index is 0.302. The predicted octanol–water partition coefficient (Wildman–Crippen LogP) is 8.22. The zero-order valence-electron chi connectivity index (χ0n) is 16.5. The number of halogens is 3. The van der Waals surface area contributed by atoms with Crippen LogP contribution in [0.5, 0.6) is 0 Å². The van der Waals surface area contributed by atoms with Gasteiger partial charge in [0, 0.05) is 19.6 Å². The highest BCUT2D eigenvalue weighted by Gasteiger charge is 2.25. The molecule has 0 fully saturated rings. The molecule has 0 N–H and O–H groups in total. The monoisotopic (exact) mass is 366 g/mol. The molecule has 0 aromatic heterocycles. The van der Waals surface area contributed by atoms with Crippen molar-refractivity contribution >= 4 is 0 Å². The number of hydrogen-bond acceptors (Lipinski definition) is 1. The van der Waals surface area contributed by atoms with Crippen LogP contribution in [0.4, 0.5) is 13.2 Å². The molecule has 0 heterocycles. The molecule has 152 valence electrons. The van der Waals surface area contributed by atoms with Crippen molar-refractivity contribution < 1.29 is 17.9 Å². The van der Waals surface area contributed by atoms with Gasteiger partial charge in [0.1, 0.15) is 0 Å². The number of alkyl halides is 3. The molecule has 0 aliphatic heterocycles. The van der Waals surface area contributed by atoms with E-state index in [9.17, 15) is 13.2 Å². The molecule has 0 atom stereocenters. The Morgan fingerprint density at radius 2 is 0.840 bits per heavy atom. The van der Waals surface area contributed by atoms with Gasteiger partial charge in [-0.2, -0.15) is 13.2 Å². The maximum atomic E-state index is 12.0. The van der Waals surface area contributed by atoms with Gasteiger partial charge in [-0.25, -0.2) is 0 Å². The third-order valence-corrected chi connectivity index (χ3v) is 4.70. The zero-order chi connectivity index (χ0) is 18.6. The molecule has 4 heteroatoms. The molecule has 0 rings (SSSR count). The fraction of sp³-hybridized carbons (Fsp3) is 1.00. The van der Waals surface area contributed by atoms with Crippen molar-refractivity contribution in [1.29, 1.82) is 0 Å². The second kappa shape index (κ2) is 18.5. The number of unbranched alkanes of at least 4 members (excludes halogenated alkanes) is 15. The second-order valence-electron chi connectivity index (χ2n) is 7.22. The van der Waals surface area contributed by atoms with Gasteiger partial charge in [-0.05, 0) is 19.8 Å². The Labute approximate surface area is 154 Å². The van der Waals surface area contributed by atoms with Crippen molar-refractivity contribution in [2.45, 2.75) is 122 Å². The van der Waals surface area contributed by atoms with Gasteiger partial charge in [0.05, 0.1) is 0 Å². The van der Waals surface area contributed by atoms with E-state index in [-0.39, 0.29) is 0 Å². The van der Waals surface area contributed by atoms with Crippen molar-refractivity contribution in [3.8, 4) is 0 Å². The molecule has 0 amide bonds. The van der Waals surface area contributed by atoms with Crippen molar-refractivity contribution in [1.82, 2.24) is 0 Å². The molecule has 0 aliphatic carbocycles. The molecular formula is C21H41F3O. The van der Waals surface area contributed by atoms with Gasteiger partial charge in [0.15, 0.2) is 0 Å². The Balaban J connectivity index is 3.01. The Morgan fingerprint density at radius 1 is 0.520 bits per heavy atom. The van der Waals surface area contributed by atoms with Crippen LogP contribution >= 0.6 is 0 Å². The van der Waals surface area contributed by atoms with Crippen molar-refractivity contribution in [3.05, 3.63) is 0 Å². The summed E-state index contributed by atoms with van der Waals surface area (Å²) in [6.07, 6.45) is 14.2. The molecule has 0 aliphatic rings.